The molecule has 0 amide bonds. The number of aliphatic hydroxyl groups is 1. The molecule has 0 fully saturated rings. The first kappa shape index (κ1) is 15.4. The van der Waals surface area contributed by atoms with Crippen molar-refractivity contribution in [2.45, 2.75) is 44.3 Å². The molecular formula is C11H23N5OS. The van der Waals surface area contributed by atoms with Gasteiger partial charge in [-0.3, -0.25) is 0 Å². The van der Waals surface area contributed by atoms with Gasteiger partial charge in [-0.2, -0.15) is 0 Å². The number of hydrogen-bond donors (Lipinski definition) is 2. The predicted octanol–water partition coefficient (Wildman–Crippen LogP) is 0.927. The highest BCUT2D eigenvalue weighted by molar-refractivity contribution is 7.99. The summed E-state index contributed by atoms with van der Waals surface area (Å²) in [6.45, 7) is 5.18. The van der Waals surface area contributed by atoms with Gasteiger partial charge in [0.2, 0.25) is 5.16 Å². The Morgan fingerprint density at radius 3 is 2.94 bits per heavy atom. The molecule has 1 aromatic heterocycles. The van der Waals surface area contributed by atoms with Crippen molar-refractivity contribution in [2.75, 3.05) is 25.4 Å². The van der Waals surface area contributed by atoms with Gasteiger partial charge in [0, 0.05) is 18.9 Å². The maximum absolute atomic E-state index is 8.68. The minimum Gasteiger partial charge on any atom is -0.396 e. The van der Waals surface area contributed by atoms with E-state index < -0.39 is 0 Å². The second-order valence-corrected chi connectivity index (χ2v) is 5.13. The molecule has 1 heterocycles. The van der Waals surface area contributed by atoms with Crippen LogP contribution in [0.2, 0.25) is 0 Å². The number of aromatic nitrogens is 4. The van der Waals surface area contributed by atoms with Gasteiger partial charge in [-0.25, -0.2) is 4.68 Å². The van der Waals surface area contributed by atoms with E-state index in [2.05, 4.69) is 27.8 Å². The molecule has 0 aliphatic heterocycles. The molecule has 0 aromatic carbocycles. The monoisotopic (exact) mass is 273 g/mol. The summed E-state index contributed by atoms with van der Waals surface area (Å²) in [6, 6.07) is 0. The highest BCUT2D eigenvalue weighted by Crippen LogP contribution is 2.15. The van der Waals surface area contributed by atoms with Crippen LogP contribution >= 0.6 is 11.8 Å². The number of nitrogens with one attached hydrogen (secondary N) is 1. The first-order valence-corrected chi connectivity index (χ1v) is 7.57. The SMILES string of the molecule is CCCNCCn1nnnc1SCCCCCO. The van der Waals surface area contributed by atoms with E-state index in [1.807, 2.05) is 4.68 Å². The number of thioether (sulfide) groups is 1. The first-order chi connectivity index (χ1) is 8.88. The molecule has 0 aliphatic carbocycles. The van der Waals surface area contributed by atoms with E-state index in [0.29, 0.717) is 0 Å². The summed E-state index contributed by atoms with van der Waals surface area (Å²) in [5.74, 6) is 1.00. The van der Waals surface area contributed by atoms with Crippen LogP contribution in [-0.4, -0.2) is 50.8 Å². The third-order valence-electron chi connectivity index (χ3n) is 2.46. The van der Waals surface area contributed by atoms with Crippen LogP contribution in [0.3, 0.4) is 0 Å². The third-order valence-corrected chi connectivity index (χ3v) is 3.50. The van der Waals surface area contributed by atoms with Gasteiger partial charge in [0.15, 0.2) is 0 Å². The number of tetrazole rings is 1. The average molecular weight is 273 g/mol. The van der Waals surface area contributed by atoms with Gasteiger partial charge in [-0.1, -0.05) is 25.1 Å². The van der Waals surface area contributed by atoms with Crippen LogP contribution in [0.25, 0.3) is 0 Å². The Labute approximate surface area is 113 Å². The standard InChI is InChI=1S/C11H23N5OS/c1-2-6-12-7-8-16-11(13-14-15-16)18-10-5-3-4-9-17/h12,17H,2-10H2,1H3. The Morgan fingerprint density at radius 1 is 1.28 bits per heavy atom. The Balaban J connectivity index is 2.18. The van der Waals surface area contributed by atoms with E-state index >= 15 is 0 Å². The first-order valence-electron chi connectivity index (χ1n) is 6.59. The topological polar surface area (TPSA) is 75.9 Å². The lowest BCUT2D eigenvalue weighted by atomic mass is 10.3. The maximum atomic E-state index is 8.68. The molecule has 104 valence electrons. The molecule has 0 radical (unpaired) electrons. The van der Waals surface area contributed by atoms with Crippen LogP contribution in [0.5, 0.6) is 0 Å². The second kappa shape index (κ2) is 10.3. The van der Waals surface area contributed by atoms with Gasteiger partial charge in [0.1, 0.15) is 0 Å². The summed E-state index contributed by atoms with van der Waals surface area (Å²) in [7, 11) is 0. The lowest BCUT2D eigenvalue weighted by Gasteiger charge is -2.05. The van der Waals surface area contributed by atoms with Gasteiger partial charge in [-0.05, 0) is 36.2 Å². The molecule has 0 saturated heterocycles. The number of unbranched alkanes of at least 4 members (excludes halogenated alkanes) is 2. The van der Waals surface area contributed by atoms with Crippen molar-refractivity contribution in [2.24, 2.45) is 0 Å². The van der Waals surface area contributed by atoms with Crippen LogP contribution in [-0.2, 0) is 6.54 Å². The fourth-order valence-corrected chi connectivity index (χ4v) is 2.38. The fraction of sp³-hybridized carbons (Fsp3) is 0.909. The van der Waals surface area contributed by atoms with Crippen LogP contribution in [0, 0.1) is 0 Å². The minimum atomic E-state index is 0.283. The zero-order chi connectivity index (χ0) is 13.1. The highest BCUT2D eigenvalue weighted by Gasteiger charge is 2.05. The third kappa shape index (κ3) is 6.32. The zero-order valence-electron chi connectivity index (χ0n) is 11.0. The molecular weight excluding hydrogens is 250 g/mol. The molecule has 1 aromatic rings. The Morgan fingerprint density at radius 2 is 2.17 bits per heavy atom. The van der Waals surface area contributed by atoms with Crippen LogP contribution < -0.4 is 5.32 Å². The van der Waals surface area contributed by atoms with Gasteiger partial charge >= 0.3 is 0 Å². The van der Waals surface area contributed by atoms with E-state index in [4.69, 9.17) is 5.11 Å². The number of nitrogens with zero attached hydrogens (tertiary/aromatic N) is 4. The highest BCUT2D eigenvalue weighted by atomic mass is 32.2. The summed E-state index contributed by atoms with van der Waals surface area (Å²) in [4.78, 5) is 0. The Bertz CT molecular complexity index is 307. The van der Waals surface area contributed by atoms with Gasteiger partial charge in [0.25, 0.3) is 0 Å². The van der Waals surface area contributed by atoms with Gasteiger partial charge in [-0.15, -0.1) is 5.10 Å². The average Bonchev–Trinajstić information content (AvgIpc) is 2.82. The molecule has 6 nitrogen and oxygen atoms in total. The van der Waals surface area contributed by atoms with Crippen molar-refractivity contribution in [3.63, 3.8) is 0 Å². The minimum absolute atomic E-state index is 0.283. The largest absolute Gasteiger partial charge is 0.396 e. The molecule has 0 spiro atoms. The number of rotatable bonds is 11. The Kier molecular flexibility index (Phi) is 8.79. The number of hydrogen-bond acceptors (Lipinski definition) is 6. The lowest BCUT2D eigenvalue weighted by Crippen LogP contribution is -2.21. The molecule has 0 saturated carbocycles. The van der Waals surface area contributed by atoms with E-state index in [0.717, 1.165) is 56.2 Å². The van der Waals surface area contributed by atoms with E-state index in [1.54, 1.807) is 11.8 Å². The molecule has 0 unspecified atom stereocenters. The lowest BCUT2D eigenvalue weighted by molar-refractivity contribution is 0.284. The summed E-state index contributed by atoms with van der Waals surface area (Å²) in [6.07, 6.45) is 4.17. The molecule has 0 atom stereocenters. The van der Waals surface area contributed by atoms with E-state index in [-0.39, 0.29) is 6.61 Å². The van der Waals surface area contributed by atoms with E-state index in [9.17, 15) is 0 Å². The quantitative estimate of drug-likeness (QED) is 0.461. The molecule has 1 rings (SSSR count). The molecule has 0 aliphatic rings. The maximum Gasteiger partial charge on any atom is 0.209 e. The van der Waals surface area contributed by atoms with Crippen molar-refractivity contribution in [3.8, 4) is 0 Å². The van der Waals surface area contributed by atoms with Crippen molar-refractivity contribution in [1.82, 2.24) is 25.5 Å². The summed E-state index contributed by atoms with van der Waals surface area (Å²) in [5.41, 5.74) is 0. The van der Waals surface area contributed by atoms with E-state index in [1.165, 1.54) is 0 Å². The normalized spacial score (nSPS) is 11.0. The fourth-order valence-electron chi connectivity index (χ4n) is 1.48. The van der Waals surface area contributed by atoms with Gasteiger partial charge in [0.05, 0.1) is 6.54 Å². The molecule has 0 bridgehead atoms. The van der Waals surface area contributed by atoms with Crippen LogP contribution in [0.4, 0.5) is 0 Å². The summed E-state index contributed by atoms with van der Waals surface area (Å²) in [5, 5.41) is 24.6. The summed E-state index contributed by atoms with van der Waals surface area (Å²) < 4.78 is 1.85. The second-order valence-electron chi connectivity index (χ2n) is 4.07. The molecule has 18 heavy (non-hydrogen) atoms. The van der Waals surface area contributed by atoms with Crippen molar-refractivity contribution >= 4 is 11.8 Å². The molecule has 7 heteroatoms. The smallest absolute Gasteiger partial charge is 0.209 e. The van der Waals surface area contributed by atoms with Crippen LogP contribution in [0.15, 0.2) is 5.16 Å². The van der Waals surface area contributed by atoms with Crippen molar-refractivity contribution in [3.05, 3.63) is 0 Å². The van der Waals surface area contributed by atoms with Crippen molar-refractivity contribution < 1.29 is 5.11 Å². The summed E-state index contributed by atoms with van der Waals surface area (Å²) >= 11 is 1.69. The predicted molar refractivity (Wildman–Crippen MR) is 72.6 cm³/mol. The Hall–Kier alpha value is -0.660. The number of aliphatic hydroxyl groups excluding tert-OH is 1. The zero-order valence-corrected chi connectivity index (χ0v) is 11.8. The van der Waals surface area contributed by atoms with Crippen LogP contribution in [0.1, 0.15) is 32.6 Å². The van der Waals surface area contributed by atoms with Gasteiger partial charge < -0.3 is 10.4 Å². The van der Waals surface area contributed by atoms with Crippen molar-refractivity contribution in [1.29, 1.82) is 0 Å². The molecule has 2 N–H and O–H groups in total.